The van der Waals surface area contributed by atoms with Gasteiger partial charge in [0.25, 0.3) is 0 Å². The first-order valence-electron chi connectivity index (χ1n) is 8.37. The maximum absolute atomic E-state index is 11.9. The highest BCUT2D eigenvalue weighted by Gasteiger charge is 2.16. The summed E-state index contributed by atoms with van der Waals surface area (Å²) in [5.74, 6) is 4.89. The minimum absolute atomic E-state index is 0.0942. The van der Waals surface area contributed by atoms with Crippen LogP contribution in [0.15, 0.2) is 47.8 Å². The largest absolute Gasteiger partial charge is 0.461 e. The first kappa shape index (κ1) is 18.6. The van der Waals surface area contributed by atoms with E-state index in [2.05, 4.69) is 53.6 Å². The molecule has 0 aromatic heterocycles. The summed E-state index contributed by atoms with van der Waals surface area (Å²) in [7, 11) is 0. The van der Waals surface area contributed by atoms with Gasteiger partial charge in [-0.25, -0.2) is 4.79 Å². The van der Waals surface area contributed by atoms with Gasteiger partial charge in [-0.2, -0.15) is 0 Å². The van der Waals surface area contributed by atoms with Crippen molar-refractivity contribution >= 4 is 22.4 Å². The summed E-state index contributed by atoms with van der Waals surface area (Å²) >= 11 is 0. The molecule has 2 aromatic rings. The zero-order valence-electron chi connectivity index (χ0n) is 15.0. The van der Waals surface area contributed by atoms with Crippen LogP contribution in [0, 0.1) is 6.92 Å². The van der Waals surface area contributed by atoms with Crippen LogP contribution in [-0.2, 0) is 9.53 Å². The highest BCUT2D eigenvalue weighted by Crippen LogP contribution is 2.23. The van der Waals surface area contributed by atoms with Crippen molar-refractivity contribution in [2.45, 2.75) is 20.8 Å². The second-order valence-electron chi connectivity index (χ2n) is 5.81. The molecule has 134 valence electrons. The Balaban J connectivity index is 2.29. The van der Waals surface area contributed by atoms with Gasteiger partial charge >= 0.3 is 5.97 Å². The first-order chi connectivity index (χ1) is 12.0. The van der Waals surface area contributed by atoms with Crippen LogP contribution < -0.4 is 21.9 Å². The van der Waals surface area contributed by atoms with E-state index in [-0.39, 0.29) is 12.3 Å². The Hall–Kier alpha value is -2.73. The second kappa shape index (κ2) is 8.39. The predicted octanol–water partition coefficient (Wildman–Crippen LogP) is 2.17. The Morgan fingerprint density at radius 2 is 1.84 bits per heavy atom. The number of anilines is 1. The number of nitrogens with two attached hydrogens (primary N) is 2. The number of nitrogens with zero attached hydrogens (tertiary/aromatic N) is 1. The number of likely N-dealkylation sites (N-methyl/N-ethyl adjacent to an activating group) is 1. The van der Waals surface area contributed by atoms with Crippen molar-refractivity contribution in [3.63, 3.8) is 0 Å². The number of benzene rings is 2. The molecule has 0 unspecified atom stereocenters. The lowest BCUT2D eigenvalue weighted by Crippen LogP contribution is -2.36. The Morgan fingerprint density at radius 1 is 1.16 bits per heavy atom. The SMILES string of the molecule is CCOC(=O)/C(NN)=C(/N)CN(CC)c1ccc2cc(C)ccc2c1. The van der Waals surface area contributed by atoms with E-state index >= 15 is 0 Å². The lowest BCUT2D eigenvalue weighted by Gasteiger charge is -2.24. The van der Waals surface area contributed by atoms with E-state index < -0.39 is 5.97 Å². The van der Waals surface area contributed by atoms with Gasteiger partial charge in [0, 0.05) is 12.2 Å². The van der Waals surface area contributed by atoms with Crippen molar-refractivity contribution in [1.82, 2.24) is 5.43 Å². The summed E-state index contributed by atoms with van der Waals surface area (Å²) in [4.78, 5) is 14.0. The van der Waals surface area contributed by atoms with Crippen LogP contribution in [-0.4, -0.2) is 25.7 Å². The molecule has 0 aliphatic rings. The van der Waals surface area contributed by atoms with Crippen molar-refractivity contribution in [1.29, 1.82) is 0 Å². The van der Waals surface area contributed by atoms with Crippen molar-refractivity contribution < 1.29 is 9.53 Å². The van der Waals surface area contributed by atoms with Crippen molar-refractivity contribution in [3.05, 3.63) is 53.4 Å². The second-order valence-corrected chi connectivity index (χ2v) is 5.81. The summed E-state index contributed by atoms with van der Waals surface area (Å²) in [5, 5.41) is 2.35. The summed E-state index contributed by atoms with van der Waals surface area (Å²) in [6.45, 7) is 7.21. The van der Waals surface area contributed by atoms with Gasteiger partial charge in [0.15, 0.2) is 5.70 Å². The molecule has 0 saturated carbocycles. The third-order valence-electron chi connectivity index (χ3n) is 4.03. The van der Waals surface area contributed by atoms with Crippen molar-refractivity contribution in [2.75, 3.05) is 24.6 Å². The number of nitrogens with one attached hydrogen (secondary N) is 1. The number of hydrogen-bond acceptors (Lipinski definition) is 6. The number of aryl methyl sites for hydroxylation is 1. The van der Waals surface area contributed by atoms with Gasteiger partial charge in [-0.3, -0.25) is 5.84 Å². The smallest absolute Gasteiger partial charge is 0.357 e. The molecule has 0 fully saturated rings. The number of ether oxygens (including phenoxy) is 1. The van der Waals surface area contributed by atoms with Gasteiger partial charge in [0.2, 0.25) is 0 Å². The number of esters is 1. The molecule has 0 heterocycles. The molecule has 0 amide bonds. The van der Waals surface area contributed by atoms with E-state index in [1.807, 2.05) is 6.92 Å². The molecule has 25 heavy (non-hydrogen) atoms. The average molecular weight is 342 g/mol. The van der Waals surface area contributed by atoms with E-state index in [9.17, 15) is 4.79 Å². The fraction of sp³-hybridized carbons (Fsp3) is 0.316. The molecule has 6 nitrogen and oxygen atoms in total. The minimum atomic E-state index is -0.549. The van der Waals surface area contributed by atoms with E-state index in [1.54, 1.807) is 6.92 Å². The van der Waals surface area contributed by atoms with Gasteiger partial charge in [-0.05, 0) is 43.7 Å². The maximum Gasteiger partial charge on any atom is 0.357 e. The van der Waals surface area contributed by atoms with Crippen LogP contribution >= 0.6 is 0 Å². The molecule has 0 bridgehead atoms. The fourth-order valence-electron chi connectivity index (χ4n) is 2.71. The van der Waals surface area contributed by atoms with E-state index in [4.69, 9.17) is 16.3 Å². The minimum Gasteiger partial charge on any atom is -0.461 e. The Labute approximate surface area is 148 Å². The summed E-state index contributed by atoms with van der Waals surface area (Å²) in [6, 6.07) is 12.6. The average Bonchev–Trinajstić information content (AvgIpc) is 2.60. The third kappa shape index (κ3) is 4.42. The number of hydrogen-bond donors (Lipinski definition) is 3. The standard InChI is InChI=1S/C19H26N4O2/c1-4-23(12-17(20)18(22-21)19(24)25-5-2)16-9-8-14-10-13(3)6-7-15(14)11-16/h6-11,22H,4-5,12,20-21H2,1-3H3/b18-17-. The van der Waals surface area contributed by atoms with Gasteiger partial charge < -0.3 is 20.8 Å². The van der Waals surface area contributed by atoms with E-state index in [0.717, 1.165) is 17.6 Å². The molecule has 2 aromatic carbocycles. The molecule has 0 radical (unpaired) electrons. The van der Waals surface area contributed by atoms with Gasteiger partial charge in [0.05, 0.1) is 18.8 Å². The summed E-state index contributed by atoms with van der Waals surface area (Å²) < 4.78 is 4.97. The van der Waals surface area contributed by atoms with Crippen LogP contribution in [0.5, 0.6) is 0 Å². The Bertz CT molecular complexity index is 786. The number of carbonyl (C=O) groups is 1. The van der Waals surface area contributed by atoms with Crippen LogP contribution in [0.25, 0.3) is 10.8 Å². The first-order valence-corrected chi connectivity index (χ1v) is 8.37. The zero-order valence-corrected chi connectivity index (χ0v) is 15.0. The maximum atomic E-state index is 11.9. The van der Waals surface area contributed by atoms with Crippen LogP contribution in [0.2, 0.25) is 0 Å². The van der Waals surface area contributed by atoms with Crippen LogP contribution in [0.3, 0.4) is 0 Å². The summed E-state index contributed by atoms with van der Waals surface area (Å²) in [5.41, 5.74) is 11.2. The zero-order chi connectivity index (χ0) is 18.4. The quantitative estimate of drug-likeness (QED) is 0.309. The normalized spacial score (nSPS) is 11.8. The number of fused-ring (bicyclic) bond motifs is 1. The lowest BCUT2D eigenvalue weighted by molar-refractivity contribution is -0.139. The van der Waals surface area contributed by atoms with Gasteiger partial charge in [-0.15, -0.1) is 0 Å². The molecule has 6 heteroatoms. The van der Waals surface area contributed by atoms with Crippen LogP contribution in [0.1, 0.15) is 19.4 Å². The van der Waals surface area contributed by atoms with Crippen LogP contribution in [0.4, 0.5) is 5.69 Å². The molecule has 0 aliphatic carbocycles. The van der Waals surface area contributed by atoms with E-state index in [0.29, 0.717) is 12.2 Å². The molecular formula is C19H26N4O2. The number of hydrazine groups is 1. The predicted molar refractivity (Wildman–Crippen MR) is 102 cm³/mol. The highest BCUT2D eigenvalue weighted by molar-refractivity contribution is 5.89. The molecule has 2 rings (SSSR count). The molecule has 0 atom stereocenters. The lowest BCUT2D eigenvalue weighted by atomic mass is 10.1. The monoisotopic (exact) mass is 342 g/mol. The Kier molecular flexibility index (Phi) is 6.25. The topological polar surface area (TPSA) is 93.6 Å². The van der Waals surface area contributed by atoms with Gasteiger partial charge in [-0.1, -0.05) is 29.8 Å². The highest BCUT2D eigenvalue weighted by atomic mass is 16.5. The number of rotatable bonds is 7. The van der Waals surface area contributed by atoms with Crippen molar-refractivity contribution in [2.24, 2.45) is 11.6 Å². The molecule has 5 N–H and O–H groups in total. The Morgan fingerprint density at radius 3 is 2.48 bits per heavy atom. The van der Waals surface area contributed by atoms with Crippen molar-refractivity contribution in [3.8, 4) is 0 Å². The van der Waals surface area contributed by atoms with Gasteiger partial charge in [0.1, 0.15) is 0 Å². The summed E-state index contributed by atoms with van der Waals surface area (Å²) in [6.07, 6.45) is 0. The molecule has 0 spiro atoms. The molecule has 0 aliphatic heterocycles. The third-order valence-corrected chi connectivity index (χ3v) is 4.03. The fourth-order valence-corrected chi connectivity index (χ4v) is 2.71. The molecular weight excluding hydrogens is 316 g/mol. The number of carbonyl (C=O) groups excluding carboxylic acids is 1. The van der Waals surface area contributed by atoms with E-state index in [1.165, 1.54) is 10.9 Å². The molecule has 0 saturated heterocycles.